The molecule has 0 aliphatic heterocycles. The molecule has 0 saturated carbocycles. The fraction of sp³-hybridized carbons (Fsp3) is 0.500. The summed E-state index contributed by atoms with van der Waals surface area (Å²) in [5, 5.41) is 13.9. The van der Waals surface area contributed by atoms with E-state index < -0.39 is 6.10 Å². The molecular formula is C10H15NO3S2. The number of ether oxygens (including phenoxy) is 1. The minimum absolute atomic E-state index is 0.130. The number of nitrogens with one attached hydrogen (secondary N) is 1. The Kier molecular flexibility index (Phi) is 5.83. The van der Waals surface area contributed by atoms with Crippen LogP contribution in [0.4, 0.5) is 0 Å². The molecular weight excluding hydrogens is 246 g/mol. The van der Waals surface area contributed by atoms with Crippen LogP contribution in [0.15, 0.2) is 16.3 Å². The minimum Gasteiger partial charge on any atom is -0.391 e. The van der Waals surface area contributed by atoms with Crippen molar-refractivity contribution in [3.05, 3.63) is 16.3 Å². The second kappa shape index (κ2) is 6.90. The quantitative estimate of drug-likeness (QED) is 0.674. The fourth-order valence-corrected chi connectivity index (χ4v) is 2.22. The third kappa shape index (κ3) is 4.52. The van der Waals surface area contributed by atoms with Gasteiger partial charge < -0.3 is 15.2 Å². The first-order chi connectivity index (χ1) is 7.63. The van der Waals surface area contributed by atoms with Crippen LogP contribution in [0.2, 0.25) is 0 Å². The predicted molar refractivity (Wildman–Crippen MR) is 66.4 cm³/mol. The summed E-state index contributed by atoms with van der Waals surface area (Å²) in [6.45, 7) is 0.721. The highest BCUT2D eigenvalue weighted by atomic mass is 32.1. The summed E-state index contributed by atoms with van der Waals surface area (Å²) < 4.78 is 4.78. The molecule has 6 heteroatoms. The highest BCUT2D eigenvalue weighted by molar-refractivity contribution is 7.80. The van der Waals surface area contributed by atoms with Crippen molar-refractivity contribution < 1.29 is 14.6 Å². The lowest BCUT2D eigenvalue weighted by molar-refractivity contribution is 0.0588. The SMILES string of the molecule is COCC(O)CCNC(=O)c1cc(S)cs1. The Bertz CT molecular complexity index is 341. The van der Waals surface area contributed by atoms with E-state index in [0.29, 0.717) is 17.8 Å². The van der Waals surface area contributed by atoms with Gasteiger partial charge in [0, 0.05) is 23.9 Å². The van der Waals surface area contributed by atoms with Crippen LogP contribution in [0.3, 0.4) is 0 Å². The Morgan fingerprint density at radius 2 is 2.50 bits per heavy atom. The van der Waals surface area contributed by atoms with Crippen molar-refractivity contribution >= 4 is 29.9 Å². The number of thiol groups is 1. The lowest BCUT2D eigenvalue weighted by atomic mass is 10.2. The maximum atomic E-state index is 11.5. The number of carbonyl (C=O) groups excluding carboxylic acids is 1. The van der Waals surface area contributed by atoms with E-state index in [1.54, 1.807) is 11.4 Å². The van der Waals surface area contributed by atoms with E-state index in [-0.39, 0.29) is 12.5 Å². The molecule has 1 rings (SSSR count). The van der Waals surface area contributed by atoms with E-state index in [9.17, 15) is 9.90 Å². The van der Waals surface area contributed by atoms with E-state index in [1.807, 2.05) is 0 Å². The standard InChI is InChI=1S/C10H15NO3S2/c1-14-5-7(12)2-3-11-10(13)9-4-8(15)6-16-9/h4,6-7,12,15H,2-3,5H2,1H3,(H,11,13). The van der Waals surface area contributed by atoms with Crippen LogP contribution < -0.4 is 5.32 Å². The van der Waals surface area contributed by atoms with Gasteiger partial charge in [-0.3, -0.25) is 4.79 Å². The van der Waals surface area contributed by atoms with E-state index in [0.717, 1.165) is 4.90 Å². The van der Waals surface area contributed by atoms with Crippen molar-refractivity contribution in [3.63, 3.8) is 0 Å². The summed E-state index contributed by atoms with van der Waals surface area (Å²) in [6, 6.07) is 1.72. The molecule has 4 nitrogen and oxygen atoms in total. The summed E-state index contributed by atoms with van der Waals surface area (Å²) in [7, 11) is 1.53. The van der Waals surface area contributed by atoms with Crippen molar-refractivity contribution in [2.45, 2.75) is 17.4 Å². The second-order valence-electron chi connectivity index (χ2n) is 3.32. The predicted octanol–water partition coefficient (Wildman–Crippen LogP) is 1.16. The van der Waals surface area contributed by atoms with Gasteiger partial charge in [0.25, 0.3) is 5.91 Å². The molecule has 0 aromatic carbocycles. The average Bonchev–Trinajstić information content (AvgIpc) is 2.65. The molecule has 0 fully saturated rings. The first kappa shape index (κ1) is 13.5. The minimum atomic E-state index is -0.533. The Balaban J connectivity index is 2.25. The van der Waals surface area contributed by atoms with Crippen LogP contribution in [-0.2, 0) is 4.74 Å². The zero-order valence-corrected chi connectivity index (χ0v) is 10.7. The molecule has 1 aromatic rings. The number of thiophene rings is 1. The van der Waals surface area contributed by atoms with Gasteiger partial charge in [-0.15, -0.1) is 24.0 Å². The molecule has 1 heterocycles. The van der Waals surface area contributed by atoms with Gasteiger partial charge in [0.05, 0.1) is 17.6 Å². The second-order valence-corrected chi connectivity index (χ2v) is 4.75. The first-order valence-electron chi connectivity index (χ1n) is 4.86. The molecule has 0 radical (unpaired) electrons. The number of carbonyl (C=O) groups is 1. The van der Waals surface area contributed by atoms with Gasteiger partial charge in [-0.05, 0) is 12.5 Å². The van der Waals surface area contributed by atoms with E-state index >= 15 is 0 Å². The lowest BCUT2D eigenvalue weighted by Crippen LogP contribution is -2.27. The number of hydrogen-bond donors (Lipinski definition) is 3. The monoisotopic (exact) mass is 261 g/mol. The smallest absolute Gasteiger partial charge is 0.261 e. The van der Waals surface area contributed by atoms with Gasteiger partial charge in [0.1, 0.15) is 0 Å². The van der Waals surface area contributed by atoms with Gasteiger partial charge >= 0.3 is 0 Å². The maximum absolute atomic E-state index is 11.5. The summed E-state index contributed by atoms with van der Waals surface area (Å²) in [5.74, 6) is -0.130. The molecule has 0 aliphatic carbocycles. The Morgan fingerprint density at radius 3 is 3.06 bits per heavy atom. The maximum Gasteiger partial charge on any atom is 0.261 e. The van der Waals surface area contributed by atoms with Crippen molar-refractivity contribution in [2.75, 3.05) is 20.3 Å². The molecule has 2 N–H and O–H groups in total. The number of amides is 1. The van der Waals surface area contributed by atoms with Gasteiger partial charge in [-0.1, -0.05) is 0 Å². The molecule has 1 unspecified atom stereocenters. The summed E-state index contributed by atoms with van der Waals surface area (Å²) in [4.78, 5) is 13.0. The zero-order valence-electron chi connectivity index (χ0n) is 8.97. The van der Waals surface area contributed by atoms with E-state index in [4.69, 9.17) is 4.74 Å². The fourth-order valence-electron chi connectivity index (χ4n) is 1.16. The van der Waals surface area contributed by atoms with Gasteiger partial charge in [0.15, 0.2) is 0 Å². The summed E-state index contributed by atoms with van der Waals surface area (Å²) >= 11 is 5.48. The lowest BCUT2D eigenvalue weighted by Gasteiger charge is -2.09. The van der Waals surface area contributed by atoms with Gasteiger partial charge in [-0.25, -0.2) is 0 Å². The number of methoxy groups -OCH3 is 1. The highest BCUT2D eigenvalue weighted by Gasteiger charge is 2.08. The summed E-state index contributed by atoms with van der Waals surface area (Å²) in [5.41, 5.74) is 0. The Morgan fingerprint density at radius 1 is 1.75 bits per heavy atom. The molecule has 0 saturated heterocycles. The van der Waals surface area contributed by atoms with Crippen LogP contribution in [-0.4, -0.2) is 37.4 Å². The third-order valence-electron chi connectivity index (χ3n) is 1.93. The molecule has 0 bridgehead atoms. The number of hydrogen-bond acceptors (Lipinski definition) is 5. The largest absolute Gasteiger partial charge is 0.391 e. The topological polar surface area (TPSA) is 58.6 Å². The number of aliphatic hydroxyl groups excluding tert-OH is 1. The molecule has 16 heavy (non-hydrogen) atoms. The molecule has 1 aromatic heterocycles. The first-order valence-corrected chi connectivity index (χ1v) is 6.19. The molecule has 90 valence electrons. The molecule has 1 amide bonds. The number of rotatable bonds is 6. The number of aliphatic hydroxyl groups is 1. The normalized spacial score (nSPS) is 12.4. The Hall–Kier alpha value is -0.560. The van der Waals surface area contributed by atoms with E-state index in [1.165, 1.54) is 18.4 Å². The summed E-state index contributed by atoms with van der Waals surface area (Å²) in [6.07, 6.45) is -0.0485. The van der Waals surface area contributed by atoms with Gasteiger partial charge in [0.2, 0.25) is 0 Å². The van der Waals surface area contributed by atoms with Crippen LogP contribution in [0.5, 0.6) is 0 Å². The average molecular weight is 261 g/mol. The third-order valence-corrected chi connectivity index (χ3v) is 3.29. The van der Waals surface area contributed by atoms with E-state index in [2.05, 4.69) is 17.9 Å². The highest BCUT2D eigenvalue weighted by Crippen LogP contribution is 2.17. The van der Waals surface area contributed by atoms with Crippen molar-refractivity contribution in [1.29, 1.82) is 0 Å². The van der Waals surface area contributed by atoms with Crippen LogP contribution in [0, 0.1) is 0 Å². The van der Waals surface area contributed by atoms with Gasteiger partial charge in [-0.2, -0.15) is 0 Å². The molecule has 1 atom stereocenters. The Labute approximate surface area is 104 Å². The van der Waals surface area contributed by atoms with Crippen LogP contribution in [0.1, 0.15) is 16.1 Å². The van der Waals surface area contributed by atoms with Crippen LogP contribution in [0.25, 0.3) is 0 Å². The van der Waals surface area contributed by atoms with Crippen LogP contribution >= 0.6 is 24.0 Å². The molecule has 0 spiro atoms. The van der Waals surface area contributed by atoms with Crippen molar-refractivity contribution in [3.8, 4) is 0 Å². The van der Waals surface area contributed by atoms with Crippen molar-refractivity contribution in [1.82, 2.24) is 5.32 Å². The zero-order chi connectivity index (χ0) is 12.0. The molecule has 0 aliphatic rings. The van der Waals surface area contributed by atoms with Crippen molar-refractivity contribution in [2.24, 2.45) is 0 Å².